The summed E-state index contributed by atoms with van der Waals surface area (Å²) in [5, 5.41) is 44.0. The van der Waals surface area contributed by atoms with Gasteiger partial charge in [0.15, 0.2) is 5.96 Å². The van der Waals surface area contributed by atoms with Gasteiger partial charge in [0.25, 0.3) is 0 Å². The maximum absolute atomic E-state index is 13.2. The lowest BCUT2D eigenvalue weighted by molar-refractivity contribution is -0.143. The maximum Gasteiger partial charge on any atom is 0.326 e. The standard InChI is InChI=1S/C25H37N7O10/c26-15(7-9-19(34)35)21(38)30-16(2-1-11-29-25(27)28)22(39)31-17(8-10-20(36)37)23(40)32-18(24(41)42)12-13-3-5-14(33)6-4-13/h3-6,15-18,33H,1-2,7-12,26H2,(H,30,38)(H,31,39)(H,32,40)(H,34,35)(H,36,37)(H,41,42)(H4,27,28,29). The number of carboxylic acid groups (broad SMARTS) is 3. The first kappa shape index (κ1) is 35.1. The van der Waals surface area contributed by atoms with Crippen LogP contribution in [0.5, 0.6) is 5.75 Å². The highest BCUT2D eigenvalue weighted by Crippen LogP contribution is 2.12. The molecule has 42 heavy (non-hydrogen) atoms. The molecule has 0 aliphatic heterocycles. The zero-order valence-corrected chi connectivity index (χ0v) is 22.7. The molecule has 0 saturated carbocycles. The van der Waals surface area contributed by atoms with Gasteiger partial charge in [-0.3, -0.25) is 29.0 Å². The lowest BCUT2D eigenvalue weighted by atomic mass is 10.0. The van der Waals surface area contributed by atoms with Gasteiger partial charge < -0.3 is 53.6 Å². The van der Waals surface area contributed by atoms with Crippen LogP contribution >= 0.6 is 0 Å². The molecule has 0 radical (unpaired) electrons. The van der Waals surface area contributed by atoms with Gasteiger partial charge >= 0.3 is 17.9 Å². The van der Waals surface area contributed by atoms with E-state index in [4.69, 9.17) is 27.4 Å². The highest BCUT2D eigenvalue weighted by atomic mass is 16.4. The van der Waals surface area contributed by atoms with Crippen molar-refractivity contribution < 1.29 is 49.2 Å². The quantitative estimate of drug-likeness (QED) is 0.0453. The van der Waals surface area contributed by atoms with Gasteiger partial charge in [-0.05, 0) is 43.4 Å². The van der Waals surface area contributed by atoms with Crippen LogP contribution in [-0.2, 0) is 35.2 Å². The van der Waals surface area contributed by atoms with Crippen molar-refractivity contribution in [2.75, 3.05) is 6.54 Å². The first-order chi connectivity index (χ1) is 19.7. The number of phenols is 1. The Labute approximate surface area is 240 Å². The van der Waals surface area contributed by atoms with Crippen LogP contribution in [0.15, 0.2) is 29.3 Å². The molecule has 0 aromatic heterocycles. The van der Waals surface area contributed by atoms with Crippen molar-refractivity contribution >= 4 is 41.6 Å². The zero-order chi connectivity index (χ0) is 31.8. The molecular weight excluding hydrogens is 558 g/mol. The van der Waals surface area contributed by atoms with Gasteiger partial charge in [0.2, 0.25) is 17.7 Å². The van der Waals surface area contributed by atoms with Crippen molar-refractivity contribution in [3.63, 3.8) is 0 Å². The molecule has 13 N–H and O–H groups in total. The molecule has 17 nitrogen and oxygen atoms in total. The van der Waals surface area contributed by atoms with Crippen LogP contribution in [0.3, 0.4) is 0 Å². The van der Waals surface area contributed by atoms with Crippen LogP contribution in [-0.4, -0.2) is 92.7 Å². The van der Waals surface area contributed by atoms with Crippen molar-refractivity contribution in [2.45, 2.75) is 69.1 Å². The lowest BCUT2D eigenvalue weighted by Crippen LogP contribution is -2.57. The lowest BCUT2D eigenvalue weighted by Gasteiger charge is -2.25. The Morgan fingerprint density at radius 1 is 0.738 bits per heavy atom. The van der Waals surface area contributed by atoms with E-state index in [2.05, 4.69) is 20.9 Å². The third kappa shape index (κ3) is 13.9. The minimum Gasteiger partial charge on any atom is -0.508 e. The van der Waals surface area contributed by atoms with Gasteiger partial charge in [-0.15, -0.1) is 0 Å². The average Bonchev–Trinajstić information content (AvgIpc) is 2.91. The number of nitrogens with two attached hydrogens (primary N) is 3. The van der Waals surface area contributed by atoms with Gasteiger partial charge in [-0.2, -0.15) is 0 Å². The minimum atomic E-state index is -1.51. The molecule has 0 bridgehead atoms. The Balaban J connectivity index is 3.09. The molecule has 4 atom stereocenters. The van der Waals surface area contributed by atoms with Gasteiger partial charge in [0.1, 0.15) is 23.9 Å². The number of phenolic OH excluding ortho intramolecular Hbond substituents is 1. The summed E-state index contributed by atoms with van der Waals surface area (Å²) in [4.78, 5) is 76.4. The zero-order valence-electron chi connectivity index (χ0n) is 22.7. The number of carbonyl (C=O) groups excluding carboxylic acids is 3. The number of rotatable bonds is 19. The number of hydrogen-bond donors (Lipinski definition) is 10. The minimum absolute atomic E-state index is 0.0473. The van der Waals surface area contributed by atoms with Crippen molar-refractivity contribution in [3.05, 3.63) is 29.8 Å². The number of nitrogens with zero attached hydrogens (tertiary/aromatic N) is 1. The molecule has 0 fully saturated rings. The fourth-order valence-corrected chi connectivity index (χ4v) is 3.61. The van der Waals surface area contributed by atoms with Crippen molar-refractivity contribution in [3.8, 4) is 5.75 Å². The van der Waals surface area contributed by atoms with Crippen molar-refractivity contribution in [2.24, 2.45) is 22.2 Å². The summed E-state index contributed by atoms with van der Waals surface area (Å²) in [5.41, 5.74) is 16.8. The van der Waals surface area contributed by atoms with Crippen LogP contribution in [0.4, 0.5) is 0 Å². The number of amides is 3. The first-order valence-corrected chi connectivity index (χ1v) is 12.9. The predicted molar refractivity (Wildman–Crippen MR) is 147 cm³/mol. The summed E-state index contributed by atoms with van der Waals surface area (Å²) in [6.07, 6.45) is -1.64. The molecule has 3 amide bonds. The molecule has 1 aromatic rings. The molecule has 0 heterocycles. The summed E-state index contributed by atoms with van der Waals surface area (Å²) < 4.78 is 0. The van der Waals surface area contributed by atoms with E-state index in [9.17, 15) is 39.0 Å². The van der Waals surface area contributed by atoms with Crippen molar-refractivity contribution in [1.29, 1.82) is 0 Å². The second-order valence-corrected chi connectivity index (χ2v) is 9.31. The summed E-state index contributed by atoms with van der Waals surface area (Å²) >= 11 is 0. The number of carboxylic acids is 3. The van der Waals surface area contributed by atoms with E-state index in [0.717, 1.165) is 0 Å². The SMILES string of the molecule is NC(N)=NCCCC(NC(=O)C(N)CCC(=O)O)C(=O)NC(CCC(=O)O)C(=O)NC(Cc1ccc(O)cc1)C(=O)O. The molecule has 1 rings (SSSR count). The third-order valence-corrected chi connectivity index (χ3v) is 5.85. The van der Waals surface area contributed by atoms with Crippen molar-refractivity contribution in [1.82, 2.24) is 16.0 Å². The van der Waals surface area contributed by atoms with Gasteiger partial charge in [-0.1, -0.05) is 12.1 Å². The van der Waals surface area contributed by atoms with Crippen LogP contribution in [0.25, 0.3) is 0 Å². The summed E-state index contributed by atoms with van der Waals surface area (Å²) in [6.45, 7) is 0.0769. The number of aliphatic imine (C=N–C) groups is 1. The molecule has 0 aliphatic rings. The smallest absolute Gasteiger partial charge is 0.326 e. The summed E-state index contributed by atoms with van der Waals surface area (Å²) in [5.74, 6) is -6.86. The van der Waals surface area contributed by atoms with E-state index >= 15 is 0 Å². The molecule has 1 aromatic carbocycles. The number of nitrogens with one attached hydrogen (secondary N) is 3. The van der Waals surface area contributed by atoms with E-state index in [1.807, 2.05) is 0 Å². The van der Waals surface area contributed by atoms with Gasteiger partial charge in [-0.25, -0.2) is 4.79 Å². The van der Waals surface area contributed by atoms with E-state index in [1.54, 1.807) is 0 Å². The normalized spacial score (nSPS) is 13.5. The van der Waals surface area contributed by atoms with Crippen LogP contribution < -0.4 is 33.2 Å². The predicted octanol–water partition coefficient (Wildman–Crippen LogP) is -2.42. The Morgan fingerprint density at radius 3 is 1.76 bits per heavy atom. The fraction of sp³-hybridized carbons (Fsp3) is 0.480. The Morgan fingerprint density at radius 2 is 1.24 bits per heavy atom. The molecule has 4 unspecified atom stereocenters. The number of aliphatic carboxylic acids is 3. The average molecular weight is 596 g/mol. The topological polar surface area (TPSA) is 310 Å². The van der Waals surface area contributed by atoms with E-state index in [-0.39, 0.29) is 43.9 Å². The molecule has 0 aliphatic carbocycles. The Kier molecular flexibility index (Phi) is 14.8. The number of guanidine groups is 1. The second kappa shape index (κ2) is 17.7. The molecule has 232 valence electrons. The number of hydrogen-bond acceptors (Lipinski definition) is 9. The van der Waals surface area contributed by atoms with Crippen LogP contribution in [0, 0.1) is 0 Å². The van der Waals surface area contributed by atoms with E-state index in [1.165, 1.54) is 24.3 Å². The third-order valence-electron chi connectivity index (χ3n) is 5.85. The molecule has 0 spiro atoms. The van der Waals surface area contributed by atoms with Gasteiger partial charge in [0, 0.05) is 25.8 Å². The number of aromatic hydroxyl groups is 1. The second-order valence-electron chi connectivity index (χ2n) is 9.31. The van der Waals surface area contributed by atoms with E-state index < -0.39 is 79.1 Å². The Hall–Kier alpha value is -4.93. The fourth-order valence-electron chi connectivity index (χ4n) is 3.61. The largest absolute Gasteiger partial charge is 0.508 e. The summed E-state index contributed by atoms with van der Waals surface area (Å²) in [7, 11) is 0. The van der Waals surface area contributed by atoms with E-state index in [0.29, 0.717) is 5.56 Å². The Bertz CT molecular complexity index is 1140. The van der Waals surface area contributed by atoms with Crippen LogP contribution in [0.1, 0.15) is 44.1 Å². The molecule has 17 heteroatoms. The molecular formula is C25H37N7O10. The molecule has 0 saturated heterocycles. The van der Waals surface area contributed by atoms with Crippen LogP contribution in [0.2, 0.25) is 0 Å². The number of carbonyl (C=O) groups is 6. The number of benzene rings is 1. The monoisotopic (exact) mass is 595 g/mol. The maximum atomic E-state index is 13.2. The highest BCUT2D eigenvalue weighted by molar-refractivity contribution is 5.94. The van der Waals surface area contributed by atoms with Gasteiger partial charge in [0.05, 0.1) is 6.04 Å². The summed E-state index contributed by atoms with van der Waals surface area (Å²) in [6, 6.07) is 0.0333. The first-order valence-electron chi connectivity index (χ1n) is 12.9. The highest BCUT2D eigenvalue weighted by Gasteiger charge is 2.30.